The first-order valence-electron chi connectivity index (χ1n) is 7.38. The van der Waals surface area contributed by atoms with Crippen molar-refractivity contribution in [1.82, 2.24) is 15.0 Å². The third-order valence-electron chi connectivity index (χ3n) is 3.63. The zero-order valence-corrected chi connectivity index (χ0v) is 12.3. The Morgan fingerprint density at radius 1 is 0.783 bits per heavy atom. The molecule has 23 heavy (non-hydrogen) atoms. The lowest BCUT2D eigenvalue weighted by Crippen LogP contribution is -1.97. The van der Waals surface area contributed by atoms with E-state index in [9.17, 15) is 0 Å². The Hall–Kier alpha value is -3.27. The van der Waals surface area contributed by atoms with E-state index in [0.717, 1.165) is 27.7 Å². The Labute approximate surface area is 133 Å². The van der Waals surface area contributed by atoms with Gasteiger partial charge in [0.05, 0.1) is 5.52 Å². The van der Waals surface area contributed by atoms with Crippen LogP contribution in [0.5, 0.6) is 0 Å². The molecule has 0 saturated carbocycles. The molecule has 0 spiro atoms. The molecule has 2 heterocycles. The second-order valence-corrected chi connectivity index (χ2v) is 5.16. The molecule has 4 nitrogen and oxygen atoms in total. The average Bonchev–Trinajstić information content (AvgIpc) is 2.63. The van der Waals surface area contributed by atoms with Crippen molar-refractivity contribution in [3.63, 3.8) is 0 Å². The van der Waals surface area contributed by atoms with Crippen molar-refractivity contribution in [3.05, 3.63) is 79.3 Å². The Morgan fingerprint density at radius 3 is 2.43 bits per heavy atom. The number of nitrogens with zero attached hydrogens (tertiary/aromatic N) is 3. The Kier molecular flexibility index (Phi) is 3.41. The first kappa shape index (κ1) is 13.4. The Bertz CT molecular complexity index is 937. The van der Waals surface area contributed by atoms with E-state index >= 15 is 0 Å². The molecule has 4 aromatic rings. The summed E-state index contributed by atoms with van der Waals surface area (Å²) in [7, 11) is 0. The van der Waals surface area contributed by atoms with Gasteiger partial charge in [0.2, 0.25) is 5.95 Å². The van der Waals surface area contributed by atoms with Crippen LogP contribution in [-0.2, 0) is 0 Å². The van der Waals surface area contributed by atoms with Crippen molar-refractivity contribution in [2.24, 2.45) is 0 Å². The largest absolute Gasteiger partial charge is 0.324 e. The first-order valence-corrected chi connectivity index (χ1v) is 7.38. The van der Waals surface area contributed by atoms with Crippen LogP contribution in [0.4, 0.5) is 11.6 Å². The summed E-state index contributed by atoms with van der Waals surface area (Å²) in [5, 5.41) is 4.25. The fourth-order valence-electron chi connectivity index (χ4n) is 2.53. The van der Waals surface area contributed by atoms with Gasteiger partial charge in [-0.3, -0.25) is 4.98 Å². The summed E-state index contributed by atoms with van der Waals surface area (Å²) in [5.74, 6) is 0.588. The zero-order chi connectivity index (χ0) is 15.5. The van der Waals surface area contributed by atoms with Gasteiger partial charge in [-0.15, -0.1) is 0 Å². The van der Waals surface area contributed by atoms with E-state index in [1.54, 1.807) is 12.4 Å². The van der Waals surface area contributed by atoms with E-state index in [-0.39, 0.29) is 0 Å². The molecule has 0 aliphatic rings. The summed E-state index contributed by atoms with van der Waals surface area (Å²) in [6.07, 6.45) is 5.43. The van der Waals surface area contributed by atoms with E-state index in [4.69, 9.17) is 4.98 Å². The minimum Gasteiger partial charge on any atom is -0.324 e. The zero-order valence-electron chi connectivity index (χ0n) is 12.3. The molecule has 2 aromatic heterocycles. The highest BCUT2D eigenvalue weighted by atomic mass is 15.1. The van der Waals surface area contributed by atoms with Crippen molar-refractivity contribution in [2.75, 3.05) is 5.32 Å². The molecule has 0 atom stereocenters. The maximum Gasteiger partial charge on any atom is 0.227 e. The molecule has 0 radical (unpaired) electrons. The van der Waals surface area contributed by atoms with Crippen LogP contribution in [0, 0.1) is 0 Å². The van der Waals surface area contributed by atoms with E-state index in [0.29, 0.717) is 5.95 Å². The molecule has 0 aliphatic carbocycles. The van der Waals surface area contributed by atoms with Crippen LogP contribution in [0.2, 0.25) is 0 Å². The third-order valence-corrected chi connectivity index (χ3v) is 3.63. The molecule has 2 aromatic carbocycles. The van der Waals surface area contributed by atoms with Crippen LogP contribution in [0.3, 0.4) is 0 Å². The van der Waals surface area contributed by atoms with E-state index in [1.807, 2.05) is 60.8 Å². The number of aromatic nitrogens is 3. The lowest BCUT2D eigenvalue weighted by molar-refractivity contribution is 1.21. The van der Waals surface area contributed by atoms with Crippen LogP contribution in [-0.4, -0.2) is 15.0 Å². The van der Waals surface area contributed by atoms with Crippen LogP contribution in [0.1, 0.15) is 0 Å². The van der Waals surface area contributed by atoms with E-state index in [1.165, 1.54) is 0 Å². The number of benzene rings is 2. The van der Waals surface area contributed by atoms with Gasteiger partial charge in [0.25, 0.3) is 0 Å². The Morgan fingerprint density at radius 2 is 1.61 bits per heavy atom. The molecule has 0 saturated heterocycles. The van der Waals surface area contributed by atoms with Crippen molar-refractivity contribution < 1.29 is 0 Å². The van der Waals surface area contributed by atoms with Gasteiger partial charge in [0, 0.05) is 35.2 Å². The second-order valence-electron chi connectivity index (χ2n) is 5.16. The SMILES string of the molecule is c1ccc(Nc2ncc3cccc(-c4ccncc4)c3n2)cc1. The number of para-hydroxylation sites is 2. The summed E-state index contributed by atoms with van der Waals surface area (Å²) in [6, 6.07) is 20.0. The number of hydrogen-bond acceptors (Lipinski definition) is 4. The van der Waals surface area contributed by atoms with Crippen molar-refractivity contribution in [2.45, 2.75) is 0 Å². The van der Waals surface area contributed by atoms with Gasteiger partial charge in [-0.25, -0.2) is 9.97 Å². The van der Waals surface area contributed by atoms with Crippen LogP contribution in [0.25, 0.3) is 22.0 Å². The molecule has 4 rings (SSSR count). The number of fused-ring (bicyclic) bond motifs is 1. The van der Waals surface area contributed by atoms with Crippen molar-refractivity contribution in [3.8, 4) is 11.1 Å². The van der Waals surface area contributed by atoms with Crippen LogP contribution < -0.4 is 5.32 Å². The fourth-order valence-corrected chi connectivity index (χ4v) is 2.53. The highest BCUT2D eigenvalue weighted by Gasteiger charge is 2.07. The highest BCUT2D eigenvalue weighted by Crippen LogP contribution is 2.27. The smallest absolute Gasteiger partial charge is 0.227 e. The summed E-state index contributed by atoms with van der Waals surface area (Å²) in [5.41, 5.74) is 4.05. The second kappa shape index (κ2) is 5.85. The van der Waals surface area contributed by atoms with E-state index < -0.39 is 0 Å². The molecule has 0 fully saturated rings. The van der Waals surface area contributed by atoms with Gasteiger partial charge in [-0.05, 0) is 29.8 Å². The molecule has 110 valence electrons. The van der Waals surface area contributed by atoms with Gasteiger partial charge in [-0.1, -0.05) is 36.4 Å². The summed E-state index contributed by atoms with van der Waals surface area (Å²) in [6.45, 7) is 0. The van der Waals surface area contributed by atoms with Gasteiger partial charge >= 0.3 is 0 Å². The van der Waals surface area contributed by atoms with Gasteiger partial charge in [-0.2, -0.15) is 0 Å². The van der Waals surface area contributed by atoms with Gasteiger partial charge in [0.15, 0.2) is 0 Å². The topological polar surface area (TPSA) is 50.7 Å². The van der Waals surface area contributed by atoms with Crippen LogP contribution >= 0.6 is 0 Å². The highest BCUT2D eigenvalue weighted by molar-refractivity contribution is 5.93. The normalized spacial score (nSPS) is 10.6. The number of hydrogen-bond donors (Lipinski definition) is 1. The quantitative estimate of drug-likeness (QED) is 0.607. The van der Waals surface area contributed by atoms with Gasteiger partial charge in [0.1, 0.15) is 0 Å². The summed E-state index contributed by atoms with van der Waals surface area (Å²) < 4.78 is 0. The van der Waals surface area contributed by atoms with Crippen LogP contribution in [0.15, 0.2) is 79.3 Å². The summed E-state index contributed by atoms with van der Waals surface area (Å²) in [4.78, 5) is 13.2. The fraction of sp³-hybridized carbons (Fsp3) is 0. The number of pyridine rings is 1. The Balaban J connectivity index is 1.81. The minimum absolute atomic E-state index is 0.588. The molecule has 4 heteroatoms. The van der Waals surface area contributed by atoms with Gasteiger partial charge < -0.3 is 5.32 Å². The third kappa shape index (κ3) is 2.74. The summed E-state index contributed by atoms with van der Waals surface area (Å²) >= 11 is 0. The minimum atomic E-state index is 0.588. The standard InChI is InChI=1S/C19H14N4/c1-2-6-16(7-3-1)22-19-21-13-15-5-4-8-17(18(15)23-19)14-9-11-20-12-10-14/h1-13H,(H,21,22,23). The lowest BCUT2D eigenvalue weighted by Gasteiger charge is -2.09. The average molecular weight is 298 g/mol. The first-order chi connectivity index (χ1) is 11.4. The van der Waals surface area contributed by atoms with Crippen molar-refractivity contribution >= 4 is 22.5 Å². The predicted molar refractivity (Wildman–Crippen MR) is 92.5 cm³/mol. The monoisotopic (exact) mass is 298 g/mol. The van der Waals surface area contributed by atoms with Crippen molar-refractivity contribution in [1.29, 1.82) is 0 Å². The molecule has 0 amide bonds. The molecule has 0 aliphatic heterocycles. The molecule has 0 unspecified atom stereocenters. The maximum atomic E-state index is 4.70. The number of anilines is 2. The molecule has 1 N–H and O–H groups in total. The lowest BCUT2D eigenvalue weighted by atomic mass is 10.0. The molecule has 0 bridgehead atoms. The predicted octanol–water partition coefficient (Wildman–Crippen LogP) is 4.44. The maximum absolute atomic E-state index is 4.70. The molecular formula is C19H14N4. The number of nitrogens with one attached hydrogen (secondary N) is 1. The van der Waals surface area contributed by atoms with E-state index in [2.05, 4.69) is 21.4 Å². The number of rotatable bonds is 3. The molecular weight excluding hydrogens is 284 g/mol.